The number of benzene rings is 1. The van der Waals surface area contributed by atoms with Crippen molar-refractivity contribution in [2.24, 2.45) is 0 Å². The molecule has 0 saturated heterocycles. The zero-order valence-corrected chi connectivity index (χ0v) is 15.8. The molecule has 1 aromatic rings. The van der Waals surface area contributed by atoms with E-state index in [4.69, 9.17) is 4.74 Å². The lowest BCUT2D eigenvalue weighted by Crippen LogP contribution is -2.33. The van der Waals surface area contributed by atoms with Crippen molar-refractivity contribution in [2.45, 2.75) is 65.5 Å². The number of carbonyl (C=O) groups excluding carboxylic acids is 1. The lowest BCUT2D eigenvalue weighted by atomic mass is 10.2. The molecule has 0 aromatic heterocycles. The van der Waals surface area contributed by atoms with Crippen molar-refractivity contribution in [2.75, 3.05) is 19.6 Å². The minimum absolute atomic E-state index is 0.320. The quantitative estimate of drug-likeness (QED) is 0.636. The van der Waals surface area contributed by atoms with Crippen molar-refractivity contribution >= 4 is 6.09 Å². The predicted molar refractivity (Wildman–Crippen MR) is 100 cm³/mol. The molecule has 0 bridgehead atoms. The molecule has 0 aliphatic heterocycles. The molecule has 0 aliphatic carbocycles. The maximum Gasteiger partial charge on any atom is 0.407 e. The summed E-state index contributed by atoms with van der Waals surface area (Å²) in [5.41, 5.74) is 0.944. The summed E-state index contributed by atoms with van der Waals surface area (Å²) in [6.07, 6.45) is 4.12. The molecule has 0 radical (unpaired) electrons. The van der Waals surface area contributed by atoms with Gasteiger partial charge in [0.1, 0.15) is 5.60 Å². The average molecular weight is 335 g/mol. The van der Waals surface area contributed by atoms with Crippen LogP contribution in [0.5, 0.6) is 0 Å². The molecular weight excluding hydrogens is 300 g/mol. The van der Waals surface area contributed by atoms with E-state index in [0.717, 1.165) is 38.9 Å². The highest BCUT2D eigenvalue weighted by atomic mass is 16.6. The van der Waals surface area contributed by atoms with E-state index in [2.05, 4.69) is 47.5 Å². The summed E-state index contributed by atoms with van der Waals surface area (Å²) >= 11 is 0. The number of hydrogen-bond acceptors (Lipinski definition) is 3. The Kier molecular flexibility index (Phi) is 9.46. The number of hydrogen-bond donors (Lipinski definition) is 1. The van der Waals surface area contributed by atoms with Gasteiger partial charge in [0, 0.05) is 13.1 Å². The maximum absolute atomic E-state index is 11.5. The van der Waals surface area contributed by atoms with Gasteiger partial charge in [-0.15, -0.1) is 0 Å². The summed E-state index contributed by atoms with van der Waals surface area (Å²) in [7, 11) is 0. The van der Waals surface area contributed by atoms with Crippen LogP contribution in [-0.2, 0) is 11.3 Å². The highest BCUT2D eigenvalue weighted by Gasteiger charge is 2.15. The third-order valence-corrected chi connectivity index (χ3v) is 3.61. The summed E-state index contributed by atoms with van der Waals surface area (Å²) in [5, 5.41) is 2.82. The van der Waals surface area contributed by atoms with Gasteiger partial charge < -0.3 is 10.1 Å². The van der Waals surface area contributed by atoms with Crippen LogP contribution in [0.3, 0.4) is 0 Å². The van der Waals surface area contributed by atoms with Crippen molar-refractivity contribution in [3.05, 3.63) is 35.9 Å². The Balaban J connectivity index is 2.16. The number of carbonyl (C=O) groups is 1. The average Bonchev–Trinajstić information content (AvgIpc) is 2.50. The molecule has 4 heteroatoms. The molecule has 1 N–H and O–H groups in total. The van der Waals surface area contributed by atoms with E-state index in [1.165, 1.54) is 12.0 Å². The number of alkyl carbamates (subject to hydrolysis) is 1. The van der Waals surface area contributed by atoms with Crippen molar-refractivity contribution in [3.8, 4) is 0 Å². The third kappa shape index (κ3) is 10.3. The van der Waals surface area contributed by atoms with Crippen LogP contribution in [0.25, 0.3) is 0 Å². The first kappa shape index (κ1) is 20.5. The molecule has 4 nitrogen and oxygen atoms in total. The number of rotatable bonds is 10. The molecule has 0 atom stereocenters. The van der Waals surface area contributed by atoms with Gasteiger partial charge in [-0.1, -0.05) is 43.7 Å². The molecule has 1 amide bonds. The Bertz CT molecular complexity index is 454. The number of nitrogens with one attached hydrogen (secondary N) is 1. The van der Waals surface area contributed by atoms with E-state index in [1.54, 1.807) is 0 Å². The fourth-order valence-corrected chi connectivity index (χ4v) is 2.57. The Morgan fingerprint density at radius 1 is 1.08 bits per heavy atom. The lowest BCUT2D eigenvalue weighted by Gasteiger charge is -2.22. The van der Waals surface area contributed by atoms with Crippen LogP contribution in [-0.4, -0.2) is 36.2 Å². The van der Waals surface area contributed by atoms with Crippen molar-refractivity contribution < 1.29 is 9.53 Å². The fraction of sp³-hybridized carbons (Fsp3) is 0.650. The van der Waals surface area contributed by atoms with Crippen LogP contribution in [0.1, 0.15) is 58.9 Å². The Hall–Kier alpha value is -1.55. The van der Waals surface area contributed by atoms with E-state index in [1.807, 2.05) is 20.8 Å². The van der Waals surface area contributed by atoms with Crippen molar-refractivity contribution in [1.29, 1.82) is 0 Å². The zero-order chi connectivity index (χ0) is 17.8. The largest absolute Gasteiger partial charge is 0.444 e. The van der Waals surface area contributed by atoms with Gasteiger partial charge in [-0.05, 0) is 58.7 Å². The summed E-state index contributed by atoms with van der Waals surface area (Å²) in [4.78, 5) is 14.1. The van der Waals surface area contributed by atoms with E-state index in [0.29, 0.717) is 6.54 Å². The highest BCUT2D eigenvalue weighted by molar-refractivity contribution is 5.67. The summed E-state index contributed by atoms with van der Waals surface area (Å²) in [6.45, 7) is 11.8. The minimum Gasteiger partial charge on any atom is -0.444 e. The molecule has 0 aliphatic rings. The number of ether oxygens (including phenoxy) is 1. The van der Waals surface area contributed by atoms with E-state index < -0.39 is 5.60 Å². The van der Waals surface area contributed by atoms with Crippen LogP contribution in [0.2, 0.25) is 0 Å². The molecule has 0 unspecified atom stereocenters. The van der Waals surface area contributed by atoms with E-state index in [-0.39, 0.29) is 6.09 Å². The standard InChI is InChI=1S/C20H34N2O2/c1-5-15-22(17-18-12-8-6-9-13-18)16-11-7-10-14-21-19(23)24-20(2,3)4/h6,8-9,12-13H,5,7,10-11,14-17H2,1-4H3,(H,21,23). The molecule has 0 fully saturated rings. The minimum atomic E-state index is -0.428. The molecule has 0 heterocycles. The van der Waals surface area contributed by atoms with Crippen LogP contribution in [0, 0.1) is 0 Å². The SMILES string of the molecule is CCCN(CCCCCNC(=O)OC(C)(C)C)Cc1ccccc1. The highest BCUT2D eigenvalue weighted by Crippen LogP contribution is 2.08. The molecular formula is C20H34N2O2. The predicted octanol–water partition coefficient (Wildman–Crippen LogP) is 4.59. The monoisotopic (exact) mass is 334 g/mol. The third-order valence-electron chi connectivity index (χ3n) is 3.61. The molecule has 1 rings (SSSR count). The van der Waals surface area contributed by atoms with Gasteiger partial charge in [0.2, 0.25) is 0 Å². The smallest absolute Gasteiger partial charge is 0.407 e. The van der Waals surface area contributed by atoms with Crippen molar-refractivity contribution in [3.63, 3.8) is 0 Å². The second-order valence-corrected chi connectivity index (χ2v) is 7.25. The molecule has 0 spiro atoms. The van der Waals surface area contributed by atoms with Crippen LogP contribution < -0.4 is 5.32 Å². The second-order valence-electron chi connectivity index (χ2n) is 7.25. The summed E-state index contributed by atoms with van der Waals surface area (Å²) in [6, 6.07) is 10.6. The fourth-order valence-electron chi connectivity index (χ4n) is 2.57. The number of nitrogens with zero attached hydrogens (tertiary/aromatic N) is 1. The number of amides is 1. The van der Waals surface area contributed by atoms with E-state index in [9.17, 15) is 4.79 Å². The Morgan fingerprint density at radius 2 is 1.79 bits per heavy atom. The van der Waals surface area contributed by atoms with Gasteiger partial charge in [-0.3, -0.25) is 4.90 Å². The molecule has 0 saturated carbocycles. The maximum atomic E-state index is 11.5. The first-order valence-corrected chi connectivity index (χ1v) is 9.14. The second kappa shape index (κ2) is 11.1. The van der Waals surface area contributed by atoms with Crippen LogP contribution in [0.15, 0.2) is 30.3 Å². The Labute approximate surface area is 147 Å². The molecule has 24 heavy (non-hydrogen) atoms. The lowest BCUT2D eigenvalue weighted by molar-refractivity contribution is 0.0527. The van der Waals surface area contributed by atoms with Crippen molar-refractivity contribution in [1.82, 2.24) is 10.2 Å². The molecule has 1 aromatic carbocycles. The van der Waals surface area contributed by atoms with Crippen LogP contribution in [0.4, 0.5) is 4.79 Å². The van der Waals surface area contributed by atoms with Gasteiger partial charge >= 0.3 is 6.09 Å². The first-order chi connectivity index (χ1) is 11.4. The summed E-state index contributed by atoms with van der Waals surface area (Å²) in [5.74, 6) is 0. The summed E-state index contributed by atoms with van der Waals surface area (Å²) < 4.78 is 5.22. The zero-order valence-electron chi connectivity index (χ0n) is 15.8. The van der Waals surface area contributed by atoms with Gasteiger partial charge in [-0.2, -0.15) is 0 Å². The van der Waals surface area contributed by atoms with Gasteiger partial charge in [0.15, 0.2) is 0 Å². The first-order valence-electron chi connectivity index (χ1n) is 9.14. The van der Waals surface area contributed by atoms with Gasteiger partial charge in [0.05, 0.1) is 0 Å². The molecule has 136 valence electrons. The van der Waals surface area contributed by atoms with E-state index >= 15 is 0 Å². The number of unbranched alkanes of at least 4 members (excludes halogenated alkanes) is 2. The Morgan fingerprint density at radius 3 is 2.42 bits per heavy atom. The van der Waals surface area contributed by atoms with Gasteiger partial charge in [0.25, 0.3) is 0 Å². The normalized spacial score (nSPS) is 11.5. The topological polar surface area (TPSA) is 41.6 Å². The van der Waals surface area contributed by atoms with Gasteiger partial charge in [-0.25, -0.2) is 4.79 Å². The van der Waals surface area contributed by atoms with Crippen LogP contribution >= 0.6 is 0 Å².